The zero-order chi connectivity index (χ0) is 11.4. The van der Waals surface area contributed by atoms with E-state index in [1.807, 2.05) is 12.1 Å². The Labute approximate surface area is 96.6 Å². The zero-order valence-electron chi connectivity index (χ0n) is 9.52. The highest BCUT2D eigenvalue weighted by Crippen LogP contribution is 2.27. The molecule has 4 N–H and O–H groups in total. The molecular formula is C13H19N3. The second-order valence-electron chi connectivity index (χ2n) is 4.40. The molecule has 0 radical (unpaired) electrons. The Hall–Kier alpha value is -1.35. The summed E-state index contributed by atoms with van der Waals surface area (Å²) in [6.07, 6.45) is 9.94. The van der Waals surface area contributed by atoms with E-state index in [-0.39, 0.29) is 6.04 Å². The highest BCUT2D eigenvalue weighted by molar-refractivity contribution is 5.41. The number of hydrogen-bond donors (Lipinski definition) is 2. The van der Waals surface area contributed by atoms with Gasteiger partial charge in [0.1, 0.15) is 5.82 Å². The quantitative estimate of drug-likeness (QED) is 0.765. The van der Waals surface area contributed by atoms with E-state index in [2.05, 4.69) is 11.1 Å². The van der Waals surface area contributed by atoms with E-state index in [4.69, 9.17) is 11.5 Å². The molecule has 0 spiro atoms. The van der Waals surface area contributed by atoms with Crippen molar-refractivity contribution in [1.29, 1.82) is 0 Å². The van der Waals surface area contributed by atoms with E-state index in [0.29, 0.717) is 5.82 Å². The van der Waals surface area contributed by atoms with Crippen LogP contribution in [0.4, 0.5) is 5.82 Å². The number of nitrogens with zero attached hydrogens (tertiary/aromatic N) is 1. The smallest absolute Gasteiger partial charge is 0.128 e. The van der Waals surface area contributed by atoms with Gasteiger partial charge in [-0.25, -0.2) is 4.98 Å². The normalized spacial score (nSPS) is 17.9. The molecule has 1 aliphatic carbocycles. The Morgan fingerprint density at radius 3 is 2.94 bits per heavy atom. The van der Waals surface area contributed by atoms with Crippen LogP contribution in [0.15, 0.2) is 30.0 Å². The van der Waals surface area contributed by atoms with E-state index in [9.17, 15) is 0 Å². The van der Waals surface area contributed by atoms with Gasteiger partial charge in [0.05, 0.1) is 0 Å². The third kappa shape index (κ3) is 2.61. The molecule has 0 saturated heterocycles. The van der Waals surface area contributed by atoms with Crippen molar-refractivity contribution in [3.63, 3.8) is 0 Å². The lowest BCUT2D eigenvalue weighted by molar-refractivity contribution is 0.628. The molecule has 3 nitrogen and oxygen atoms in total. The Bertz CT molecular complexity index is 385. The van der Waals surface area contributed by atoms with Crippen molar-refractivity contribution in [1.82, 2.24) is 4.98 Å². The number of hydrogen-bond acceptors (Lipinski definition) is 3. The van der Waals surface area contributed by atoms with E-state index in [1.54, 1.807) is 6.20 Å². The molecule has 86 valence electrons. The molecule has 0 aromatic carbocycles. The van der Waals surface area contributed by atoms with Crippen molar-refractivity contribution in [2.45, 2.75) is 38.1 Å². The SMILES string of the molecule is Nc1ncccc1C(N)CC1=CCCCC1. The summed E-state index contributed by atoms with van der Waals surface area (Å²) in [4.78, 5) is 4.07. The number of nitrogens with two attached hydrogens (primary N) is 2. The largest absolute Gasteiger partial charge is 0.383 e. The summed E-state index contributed by atoms with van der Waals surface area (Å²) in [7, 11) is 0. The third-order valence-corrected chi connectivity index (χ3v) is 3.14. The first-order valence-electron chi connectivity index (χ1n) is 5.91. The number of allylic oxidation sites excluding steroid dienone is 1. The Morgan fingerprint density at radius 1 is 1.38 bits per heavy atom. The summed E-state index contributed by atoms with van der Waals surface area (Å²) in [6, 6.07) is 3.84. The van der Waals surface area contributed by atoms with Crippen molar-refractivity contribution >= 4 is 5.82 Å². The van der Waals surface area contributed by atoms with E-state index in [0.717, 1.165) is 12.0 Å². The molecule has 2 rings (SSSR count). The number of pyridine rings is 1. The fraction of sp³-hybridized carbons (Fsp3) is 0.462. The number of aromatic nitrogens is 1. The van der Waals surface area contributed by atoms with Crippen molar-refractivity contribution < 1.29 is 0 Å². The van der Waals surface area contributed by atoms with Gasteiger partial charge in [-0.15, -0.1) is 0 Å². The van der Waals surface area contributed by atoms with Gasteiger partial charge in [0.2, 0.25) is 0 Å². The average molecular weight is 217 g/mol. The lowest BCUT2D eigenvalue weighted by Gasteiger charge is -2.18. The first-order valence-corrected chi connectivity index (χ1v) is 5.91. The van der Waals surface area contributed by atoms with E-state index in [1.165, 1.54) is 31.3 Å². The molecule has 1 atom stereocenters. The van der Waals surface area contributed by atoms with Gasteiger partial charge >= 0.3 is 0 Å². The Kier molecular flexibility index (Phi) is 3.57. The molecule has 0 amide bonds. The maximum absolute atomic E-state index is 6.17. The zero-order valence-corrected chi connectivity index (χ0v) is 9.52. The van der Waals surface area contributed by atoms with Crippen LogP contribution in [0.2, 0.25) is 0 Å². The topological polar surface area (TPSA) is 64.9 Å². The minimum atomic E-state index is -0.0157. The van der Waals surface area contributed by atoms with Crippen molar-refractivity contribution in [2.24, 2.45) is 5.73 Å². The maximum atomic E-state index is 6.17. The second kappa shape index (κ2) is 5.12. The van der Waals surface area contributed by atoms with Gasteiger partial charge in [-0.05, 0) is 38.2 Å². The highest BCUT2D eigenvalue weighted by Gasteiger charge is 2.13. The fourth-order valence-corrected chi connectivity index (χ4v) is 2.23. The maximum Gasteiger partial charge on any atom is 0.128 e. The number of anilines is 1. The molecule has 0 aliphatic heterocycles. The minimum Gasteiger partial charge on any atom is -0.383 e. The predicted octanol–water partition coefficient (Wildman–Crippen LogP) is 2.55. The molecule has 1 aromatic rings. The summed E-state index contributed by atoms with van der Waals surface area (Å²) < 4.78 is 0. The van der Waals surface area contributed by atoms with Gasteiger partial charge in [-0.1, -0.05) is 17.7 Å². The molecule has 16 heavy (non-hydrogen) atoms. The van der Waals surface area contributed by atoms with Crippen molar-refractivity contribution in [3.05, 3.63) is 35.5 Å². The lowest BCUT2D eigenvalue weighted by atomic mass is 9.92. The standard InChI is InChI=1S/C13H19N3/c14-12(9-10-5-2-1-3-6-10)11-7-4-8-16-13(11)15/h4-5,7-8,12H,1-3,6,9,14H2,(H2,15,16). The molecule has 1 heterocycles. The van der Waals surface area contributed by atoms with Crippen LogP contribution in [0.1, 0.15) is 43.7 Å². The van der Waals surface area contributed by atoms with Crippen LogP contribution in [0.5, 0.6) is 0 Å². The van der Waals surface area contributed by atoms with Gasteiger partial charge in [-0.3, -0.25) is 0 Å². The van der Waals surface area contributed by atoms with Crippen LogP contribution in [-0.2, 0) is 0 Å². The monoisotopic (exact) mass is 217 g/mol. The Morgan fingerprint density at radius 2 is 2.25 bits per heavy atom. The van der Waals surface area contributed by atoms with Gasteiger partial charge in [0.25, 0.3) is 0 Å². The number of rotatable bonds is 3. The van der Waals surface area contributed by atoms with Crippen LogP contribution in [-0.4, -0.2) is 4.98 Å². The lowest BCUT2D eigenvalue weighted by Crippen LogP contribution is -2.14. The molecule has 3 heteroatoms. The molecule has 0 saturated carbocycles. The second-order valence-corrected chi connectivity index (χ2v) is 4.40. The molecule has 0 fully saturated rings. The molecule has 0 bridgehead atoms. The summed E-state index contributed by atoms with van der Waals surface area (Å²) in [5.41, 5.74) is 14.4. The number of nitrogen functional groups attached to an aromatic ring is 1. The Balaban J connectivity index is 2.05. The van der Waals surface area contributed by atoms with Crippen LogP contribution < -0.4 is 11.5 Å². The molecular weight excluding hydrogens is 198 g/mol. The highest BCUT2D eigenvalue weighted by atomic mass is 14.8. The van der Waals surface area contributed by atoms with Gasteiger partial charge in [-0.2, -0.15) is 0 Å². The first kappa shape index (κ1) is 11.1. The third-order valence-electron chi connectivity index (χ3n) is 3.14. The summed E-state index contributed by atoms with van der Waals surface area (Å²) in [5, 5.41) is 0. The average Bonchev–Trinajstić information content (AvgIpc) is 2.31. The van der Waals surface area contributed by atoms with Gasteiger partial charge < -0.3 is 11.5 Å². The predicted molar refractivity (Wildman–Crippen MR) is 66.7 cm³/mol. The van der Waals surface area contributed by atoms with E-state index >= 15 is 0 Å². The van der Waals surface area contributed by atoms with Crippen molar-refractivity contribution in [2.75, 3.05) is 5.73 Å². The molecule has 1 aromatic heterocycles. The van der Waals surface area contributed by atoms with Crippen LogP contribution in [0, 0.1) is 0 Å². The van der Waals surface area contributed by atoms with Gasteiger partial charge in [0, 0.05) is 17.8 Å². The first-order chi connectivity index (χ1) is 7.77. The van der Waals surface area contributed by atoms with Crippen molar-refractivity contribution in [3.8, 4) is 0 Å². The van der Waals surface area contributed by atoms with Crippen LogP contribution >= 0.6 is 0 Å². The molecule has 1 aliphatic rings. The van der Waals surface area contributed by atoms with Gasteiger partial charge in [0.15, 0.2) is 0 Å². The summed E-state index contributed by atoms with van der Waals surface area (Å²) >= 11 is 0. The fourth-order valence-electron chi connectivity index (χ4n) is 2.23. The minimum absolute atomic E-state index is 0.0157. The van der Waals surface area contributed by atoms with E-state index < -0.39 is 0 Å². The van der Waals surface area contributed by atoms with Crippen LogP contribution in [0.3, 0.4) is 0 Å². The summed E-state index contributed by atoms with van der Waals surface area (Å²) in [6.45, 7) is 0. The van der Waals surface area contributed by atoms with Crippen LogP contribution in [0.25, 0.3) is 0 Å². The molecule has 1 unspecified atom stereocenters. The summed E-state index contributed by atoms with van der Waals surface area (Å²) in [5.74, 6) is 0.561.